The van der Waals surface area contributed by atoms with Gasteiger partial charge in [-0.2, -0.15) is 0 Å². The SMILES string of the molecule is CCOC(=O)c1cnc(N2CCC(NC(=O)c3nc(Cl)c(CC)[nH]3)C(OC)C2)s1. The Kier molecular flexibility index (Phi) is 7.09. The van der Waals surface area contributed by atoms with Crippen molar-refractivity contribution in [2.75, 3.05) is 31.7 Å². The number of hydrogen-bond donors (Lipinski definition) is 2. The molecule has 1 amide bonds. The van der Waals surface area contributed by atoms with Crippen LogP contribution in [-0.2, 0) is 15.9 Å². The third-order valence-electron chi connectivity index (χ3n) is 4.72. The van der Waals surface area contributed by atoms with Crippen molar-refractivity contribution in [3.05, 3.63) is 27.7 Å². The van der Waals surface area contributed by atoms with Crippen molar-refractivity contribution in [1.82, 2.24) is 20.3 Å². The van der Waals surface area contributed by atoms with E-state index in [1.807, 2.05) is 11.8 Å². The first-order valence-electron chi connectivity index (χ1n) is 9.42. The Morgan fingerprint density at radius 1 is 1.45 bits per heavy atom. The molecule has 2 unspecified atom stereocenters. The van der Waals surface area contributed by atoms with E-state index >= 15 is 0 Å². The van der Waals surface area contributed by atoms with Crippen LogP contribution in [0.25, 0.3) is 0 Å². The second-order valence-corrected chi connectivity index (χ2v) is 7.89. The van der Waals surface area contributed by atoms with Crippen molar-refractivity contribution in [2.24, 2.45) is 0 Å². The number of aromatic nitrogens is 3. The number of carbonyl (C=O) groups excluding carboxylic acids is 2. The summed E-state index contributed by atoms with van der Waals surface area (Å²) < 4.78 is 10.6. The van der Waals surface area contributed by atoms with Crippen LogP contribution in [0.2, 0.25) is 5.15 Å². The summed E-state index contributed by atoms with van der Waals surface area (Å²) >= 11 is 7.31. The van der Waals surface area contributed by atoms with Gasteiger partial charge in [0.25, 0.3) is 5.91 Å². The number of imidazole rings is 1. The van der Waals surface area contributed by atoms with Gasteiger partial charge in [-0.05, 0) is 19.8 Å². The van der Waals surface area contributed by atoms with Crippen LogP contribution >= 0.6 is 22.9 Å². The number of ether oxygens (including phenoxy) is 2. The Labute approximate surface area is 177 Å². The summed E-state index contributed by atoms with van der Waals surface area (Å²) in [5.74, 6) is -0.487. The number of piperidine rings is 1. The number of aryl methyl sites for hydroxylation is 1. The van der Waals surface area contributed by atoms with Crippen molar-refractivity contribution in [2.45, 2.75) is 38.8 Å². The van der Waals surface area contributed by atoms with Gasteiger partial charge >= 0.3 is 5.97 Å². The van der Waals surface area contributed by atoms with Crippen LogP contribution in [0.3, 0.4) is 0 Å². The predicted molar refractivity (Wildman–Crippen MR) is 110 cm³/mol. The summed E-state index contributed by atoms with van der Waals surface area (Å²) in [7, 11) is 1.61. The second-order valence-electron chi connectivity index (χ2n) is 6.52. The number of methoxy groups -OCH3 is 1. The molecule has 1 saturated heterocycles. The summed E-state index contributed by atoms with van der Waals surface area (Å²) in [5.41, 5.74) is 0.733. The van der Waals surface area contributed by atoms with Crippen molar-refractivity contribution in [3.8, 4) is 0 Å². The Bertz CT molecular complexity index is 870. The molecule has 2 aromatic heterocycles. The number of nitrogens with one attached hydrogen (secondary N) is 2. The van der Waals surface area contributed by atoms with Gasteiger partial charge in [-0.25, -0.2) is 14.8 Å². The first-order valence-corrected chi connectivity index (χ1v) is 10.6. The van der Waals surface area contributed by atoms with Gasteiger partial charge in [-0.3, -0.25) is 4.79 Å². The van der Waals surface area contributed by atoms with E-state index in [1.165, 1.54) is 17.5 Å². The van der Waals surface area contributed by atoms with E-state index in [1.54, 1.807) is 14.0 Å². The minimum atomic E-state index is -0.370. The lowest BCUT2D eigenvalue weighted by atomic mass is 10.0. The molecule has 0 bridgehead atoms. The van der Waals surface area contributed by atoms with Gasteiger partial charge < -0.3 is 24.7 Å². The zero-order valence-electron chi connectivity index (χ0n) is 16.5. The summed E-state index contributed by atoms with van der Waals surface area (Å²) in [5, 5.41) is 4.02. The molecule has 2 atom stereocenters. The zero-order valence-corrected chi connectivity index (χ0v) is 18.1. The van der Waals surface area contributed by atoms with Crippen LogP contribution in [0.5, 0.6) is 0 Å². The molecule has 0 spiro atoms. The third kappa shape index (κ3) is 4.88. The number of halogens is 1. The Morgan fingerprint density at radius 3 is 2.90 bits per heavy atom. The highest BCUT2D eigenvalue weighted by Gasteiger charge is 2.32. The lowest BCUT2D eigenvalue weighted by molar-refractivity contribution is 0.0530. The molecule has 2 N–H and O–H groups in total. The van der Waals surface area contributed by atoms with Gasteiger partial charge in [0.15, 0.2) is 16.1 Å². The van der Waals surface area contributed by atoms with Gasteiger partial charge in [0, 0.05) is 20.2 Å². The Morgan fingerprint density at radius 2 is 2.24 bits per heavy atom. The normalized spacial score (nSPS) is 19.2. The maximum Gasteiger partial charge on any atom is 0.350 e. The highest BCUT2D eigenvalue weighted by atomic mass is 35.5. The summed E-state index contributed by atoms with van der Waals surface area (Å²) in [6.07, 6.45) is 2.62. The van der Waals surface area contributed by atoms with Gasteiger partial charge in [0.2, 0.25) is 0 Å². The van der Waals surface area contributed by atoms with Crippen molar-refractivity contribution >= 4 is 39.9 Å². The van der Waals surface area contributed by atoms with Gasteiger partial charge in [-0.1, -0.05) is 29.9 Å². The van der Waals surface area contributed by atoms with Crippen LogP contribution < -0.4 is 10.2 Å². The van der Waals surface area contributed by atoms with Gasteiger partial charge in [-0.15, -0.1) is 0 Å². The molecule has 1 aliphatic heterocycles. The van der Waals surface area contributed by atoms with Crippen molar-refractivity contribution in [1.29, 1.82) is 0 Å². The number of esters is 1. The highest BCUT2D eigenvalue weighted by Crippen LogP contribution is 2.27. The van der Waals surface area contributed by atoms with E-state index in [0.717, 1.165) is 10.8 Å². The largest absolute Gasteiger partial charge is 0.462 e. The van der Waals surface area contributed by atoms with E-state index in [0.29, 0.717) is 42.6 Å². The third-order valence-corrected chi connectivity index (χ3v) is 6.07. The molecule has 3 rings (SSSR count). The molecule has 9 nitrogen and oxygen atoms in total. The fraction of sp³-hybridized carbons (Fsp3) is 0.556. The van der Waals surface area contributed by atoms with E-state index in [9.17, 15) is 9.59 Å². The fourth-order valence-electron chi connectivity index (χ4n) is 3.17. The summed E-state index contributed by atoms with van der Waals surface area (Å²) in [6.45, 7) is 5.23. The van der Waals surface area contributed by atoms with Gasteiger partial charge in [0.1, 0.15) is 4.88 Å². The summed E-state index contributed by atoms with van der Waals surface area (Å²) in [4.78, 5) is 38.3. The molecule has 158 valence electrons. The van der Waals surface area contributed by atoms with E-state index in [4.69, 9.17) is 21.1 Å². The number of thiazole rings is 1. The van der Waals surface area contributed by atoms with Gasteiger partial charge in [0.05, 0.1) is 30.6 Å². The monoisotopic (exact) mass is 441 g/mol. The van der Waals surface area contributed by atoms with E-state index in [-0.39, 0.29) is 29.8 Å². The molecule has 1 fully saturated rings. The maximum atomic E-state index is 12.6. The lowest BCUT2D eigenvalue weighted by Gasteiger charge is -2.37. The second kappa shape index (κ2) is 9.55. The smallest absolute Gasteiger partial charge is 0.350 e. The summed E-state index contributed by atoms with van der Waals surface area (Å²) in [6, 6.07) is -0.179. The molecule has 2 aromatic rings. The molecule has 0 aromatic carbocycles. The molecule has 11 heteroatoms. The molecular formula is C18H24ClN5O4S. The average Bonchev–Trinajstić information content (AvgIpc) is 3.35. The topological polar surface area (TPSA) is 109 Å². The number of rotatable bonds is 7. The quantitative estimate of drug-likeness (QED) is 0.634. The molecule has 0 saturated carbocycles. The van der Waals surface area contributed by atoms with Crippen LogP contribution in [0, 0.1) is 0 Å². The van der Waals surface area contributed by atoms with Crippen LogP contribution in [0.4, 0.5) is 5.13 Å². The van der Waals surface area contributed by atoms with E-state index in [2.05, 4.69) is 20.3 Å². The number of aromatic amines is 1. The number of nitrogens with zero attached hydrogens (tertiary/aromatic N) is 3. The molecule has 3 heterocycles. The number of amides is 1. The molecule has 0 radical (unpaired) electrons. The zero-order chi connectivity index (χ0) is 21.0. The number of carbonyl (C=O) groups is 2. The molecule has 0 aliphatic carbocycles. The number of anilines is 1. The average molecular weight is 442 g/mol. The van der Waals surface area contributed by atoms with Crippen LogP contribution in [0.15, 0.2) is 6.20 Å². The Hall–Kier alpha value is -2.17. The number of hydrogen-bond acceptors (Lipinski definition) is 8. The Balaban J connectivity index is 1.63. The standard InChI is InChI=1S/C18H24ClN5O4S/c1-4-10-14(19)23-15(21-10)16(25)22-11-6-7-24(9-12(11)27-3)18-20-8-13(29-18)17(26)28-5-2/h8,11-12H,4-7,9H2,1-3H3,(H,21,23)(H,22,25). The van der Waals surface area contributed by atoms with Crippen LogP contribution in [0.1, 0.15) is 46.3 Å². The molecule has 1 aliphatic rings. The minimum absolute atomic E-state index is 0.179. The molecular weight excluding hydrogens is 418 g/mol. The first-order chi connectivity index (χ1) is 14.0. The fourth-order valence-corrected chi connectivity index (χ4v) is 4.28. The van der Waals surface area contributed by atoms with Crippen molar-refractivity contribution in [3.63, 3.8) is 0 Å². The first kappa shape index (κ1) is 21.5. The maximum absolute atomic E-state index is 12.6. The van der Waals surface area contributed by atoms with Crippen LogP contribution in [-0.4, -0.2) is 65.8 Å². The minimum Gasteiger partial charge on any atom is -0.462 e. The number of H-pyrrole nitrogens is 1. The predicted octanol–water partition coefficient (Wildman–Crippen LogP) is 2.28. The lowest BCUT2D eigenvalue weighted by Crippen LogP contribution is -2.55. The van der Waals surface area contributed by atoms with Crippen molar-refractivity contribution < 1.29 is 19.1 Å². The highest BCUT2D eigenvalue weighted by molar-refractivity contribution is 7.17. The molecule has 29 heavy (non-hydrogen) atoms. The van der Waals surface area contributed by atoms with E-state index < -0.39 is 0 Å².